The van der Waals surface area contributed by atoms with Gasteiger partial charge < -0.3 is 0 Å². The molecule has 1 aliphatic rings. The highest BCUT2D eigenvalue weighted by Crippen LogP contribution is 2.36. The van der Waals surface area contributed by atoms with Crippen LogP contribution in [-0.2, 0) is 11.3 Å². The fourth-order valence-electron chi connectivity index (χ4n) is 3.91. The van der Waals surface area contributed by atoms with Crippen molar-refractivity contribution in [3.05, 3.63) is 79.4 Å². The van der Waals surface area contributed by atoms with Gasteiger partial charge in [0, 0.05) is 17.8 Å². The fourth-order valence-corrected chi connectivity index (χ4v) is 6.32. The summed E-state index contributed by atoms with van der Waals surface area (Å²) < 4.78 is 1.68. The Kier molecular flexibility index (Phi) is 6.43. The molecule has 1 unspecified atom stereocenters. The molecule has 1 aromatic carbocycles. The van der Waals surface area contributed by atoms with Crippen LogP contribution in [0, 0.1) is 0 Å². The Labute approximate surface area is 203 Å². The number of nitrogens with zero attached hydrogens (tertiary/aromatic N) is 4. The van der Waals surface area contributed by atoms with E-state index in [0.717, 1.165) is 21.9 Å². The molecule has 4 heterocycles. The number of carbonyl (C=O) groups is 1. The maximum atomic E-state index is 13.3. The number of para-hydroxylation sites is 1. The zero-order valence-corrected chi connectivity index (χ0v) is 20.5. The van der Waals surface area contributed by atoms with E-state index < -0.39 is 0 Å². The van der Waals surface area contributed by atoms with Gasteiger partial charge in [0.15, 0.2) is 5.16 Å². The largest absolute Gasteiger partial charge is 0.287 e. The molecule has 1 atom stereocenters. The van der Waals surface area contributed by atoms with E-state index in [0.29, 0.717) is 29.0 Å². The number of hydrogen-bond donors (Lipinski definition) is 0. The SMILES string of the molecule is CCCn1c(SCC(=O)N2N=C(c3cccs3)CC2c2cccs2)nc2ccccc2c1=O. The number of hydrazone groups is 1. The normalized spacial score (nSPS) is 15.8. The molecular weight excluding hydrogens is 472 g/mol. The lowest BCUT2D eigenvalue weighted by Gasteiger charge is -2.20. The van der Waals surface area contributed by atoms with Crippen molar-refractivity contribution in [3.8, 4) is 0 Å². The molecule has 0 bridgehead atoms. The Hall–Kier alpha value is -2.75. The van der Waals surface area contributed by atoms with Crippen LogP contribution < -0.4 is 5.56 Å². The maximum Gasteiger partial charge on any atom is 0.262 e. The number of thioether (sulfide) groups is 1. The predicted octanol–water partition coefficient (Wildman–Crippen LogP) is 5.40. The van der Waals surface area contributed by atoms with Crippen molar-refractivity contribution in [2.45, 2.75) is 37.5 Å². The molecule has 168 valence electrons. The topological polar surface area (TPSA) is 67.6 Å². The number of benzene rings is 1. The Morgan fingerprint density at radius 1 is 1.12 bits per heavy atom. The van der Waals surface area contributed by atoms with Gasteiger partial charge >= 0.3 is 0 Å². The highest BCUT2D eigenvalue weighted by Gasteiger charge is 2.34. The first-order valence-corrected chi connectivity index (χ1v) is 13.5. The molecule has 0 spiro atoms. The molecule has 0 saturated carbocycles. The third-order valence-electron chi connectivity index (χ3n) is 5.44. The molecule has 3 aromatic heterocycles. The number of aromatic nitrogens is 2. The Bertz CT molecular complexity index is 1360. The van der Waals surface area contributed by atoms with Crippen molar-refractivity contribution in [1.29, 1.82) is 0 Å². The van der Waals surface area contributed by atoms with Gasteiger partial charge in [-0.3, -0.25) is 14.2 Å². The Balaban J connectivity index is 1.42. The van der Waals surface area contributed by atoms with Gasteiger partial charge in [-0.25, -0.2) is 9.99 Å². The molecule has 1 aliphatic heterocycles. The zero-order chi connectivity index (χ0) is 22.8. The van der Waals surface area contributed by atoms with Crippen molar-refractivity contribution < 1.29 is 4.79 Å². The highest BCUT2D eigenvalue weighted by atomic mass is 32.2. The van der Waals surface area contributed by atoms with E-state index in [1.54, 1.807) is 38.3 Å². The average Bonchev–Trinajstić information content (AvgIpc) is 3.60. The average molecular weight is 495 g/mol. The fraction of sp³-hybridized carbons (Fsp3) is 0.250. The smallest absolute Gasteiger partial charge is 0.262 e. The van der Waals surface area contributed by atoms with Gasteiger partial charge in [0.25, 0.3) is 11.5 Å². The second-order valence-corrected chi connectivity index (χ2v) is 10.5. The lowest BCUT2D eigenvalue weighted by Crippen LogP contribution is -2.29. The summed E-state index contributed by atoms with van der Waals surface area (Å²) >= 11 is 4.58. The lowest BCUT2D eigenvalue weighted by molar-refractivity contribution is -0.130. The number of hydrogen-bond acceptors (Lipinski definition) is 7. The third kappa shape index (κ3) is 4.40. The quantitative estimate of drug-likeness (QED) is 0.255. The summed E-state index contributed by atoms with van der Waals surface area (Å²) in [6.07, 6.45) is 1.51. The monoisotopic (exact) mass is 494 g/mol. The van der Waals surface area contributed by atoms with Gasteiger partial charge in [0.05, 0.1) is 33.3 Å². The van der Waals surface area contributed by atoms with Crippen LogP contribution in [0.4, 0.5) is 0 Å². The Morgan fingerprint density at radius 3 is 2.70 bits per heavy atom. The van der Waals surface area contributed by atoms with Crippen LogP contribution in [0.25, 0.3) is 10.9 Å². The Morgan fingerprint density at radius 2 is 1.94 bits per heavy atom. The van der Waals surface area contributed by atoms with Gasteiger partial charge in [-0.15, -0.1) is 22.7 Å². The predicted molar refractivity (Wildman–Crippen MR) is 136 cm³/mol. The third-order valence-corrected chi connectivity index (χ3v) is 8.30. The molecule has 0 radical (unpaired) electrons. The maximum absolute atomic E-state index is 13.3. The van der Waals surface area contributed by atoms with E-state index in [1.807, 2.05) is 54.1 Å². The minimum atomic E-state index is -0.0994. The number of rotatable bonds is 7. The minimum absolute atomic E-state index is 0.0620. The van der Waals surface area contributed by atoms with Gasteiger partial charge in [-0.2, -0.15) is 5.10 Å². The number of amides is 1. The molecule has 0 fully saturated rings. The molecule has 9 heteroatoms. The minimum Gasteiger partial charge on any atom is -0.287 e. The van der Waals surface area contributed by atoms with E-state index in [1.165, 1.54) is 11.8 Å². The first kappa shape index (κ1) is 22.1. The van der Waals surface area contributed by atoms with Crippen LogP contribution in [-0.4, -0.2) is 31.9 Å². The van der Waals surface area contributed by atoms with Crippen LogP contribution in [0.3, 0.4) is 0 Å². The van der Waals surface area contributed by atoms with Crippen molar-refractivity contribution >= 4 is 57.0 Å². The molecule has 1 amide bonds. The number of carbonyl (C=O) groups excluding carboxylic acids is 1. The van der Waals surface area contributed by atoms with Crippen LogP contribution in [0.2, 0.25) is 0 Å². The second-order valence-electron chi connectivity index (χ2n) is 7.65. The number of fused-ring (bicyclic) bond motifs is 1. The molecule has 6 nitrogen and oxygen atoms in total. The van der Waals surface area contributed by atoms with E-state index in [2.05, 4.69) is 6.07 Å². The second kappa shape index (κ2) is 9.62. The molecule has 4 aromatic rings. The molecule has 0 aliphatic carbocycles. The summed E-state index contributed by atoms with van der Waals surface area (Å²) in [5, 5.41) is 11.6. The van der Waals surface area contributed by atoms with Crippen LogP contribution >= 0.6 is 34.4 Å². The van der Waals surface area contributed by atoms with E-state index >= 15 is 0 Å². The summed E-state index contributed by atoms with van der Waals surface area (Å²) in [4.78, 5) is 33.3. The highest BCUT2D eigenvalue weighted by molar-refractivity contribution is 7.99. The number of thiophene rings is 2. The molecule has 0 N–H and O–H groups in total. The van der Waals surface area contributed by atoms with Crippen molar-refractivity contribution in [2.75, 3.05) is 5.75 Å². The van der Waals surface area contributed by atoms with E-state index in [-0.39, 0.29) is 23.3 Å². The molecule has 33 heavy (non-hydrogen) atoms. The summed E-state index contributed by atoms with van der Waals surface area (Å²) in [7, 11) is 0. The van der Waals surface area contributed by atoms with Gasteiger partial charge in [-0.1, -0.05) is 43.0 Å². The van der Waals surface area contributed by atoms with Gasteiger partial charge in [0.2, 0.25) is 0 Å². The van der Waals surface area contributed by atoms with E-state index in [4.69, 9.17) is 10.1 Å². The molecule has 5 rings (SSSR count). The summed E-state index contributed by atoms with van der Waals surface area (Å²) in [5.41, 5.74) is 1.53. The van der Waals surface area contributed by atoms with Gasteiger partial charge in [0.1, 0.15) is 0 Å². The summed E-state index contributed by atoms with van der Waals surface area (Å²) in [6.45, 7) is 2.59. The van der Waals surface area contributed by atoms with Crippen molar-refractivity contribution in [3.63, 3.8) is 0 Å². The van der Waals surface area contributed by atoms with Crippen molar-refractivity contribution in [1.82, 2.24) is 14.6 Å². The standard InChI is InChI=1S/C24H22N4O2S3/c1-2-11-27-23(30)16-7-3-4-8-17(16)25-24(27)33-15-22(29)28-19(21-10-6-13-32-21)14-18(26-28)20-9-5-12-31-20/h3-10,12-13,19H,2,11,14-15H2,1H3. The van der Waals surface area contributed by atoms with Crippen LogP contribution in [0.1, 0.15) is 35.6 Å². The first-order chi connectivity index (χ1) is 16.2. The zero-order valence-electron chi connectivity index (χ0n) is 18.0. The molecule has 0 saturated heterocycles. The summed E-state index contributed by atoms with van der Waals surface area (Å²) in [6, 6.07) is 15.4. The lowest BCUT2D eigenvalue weighted by atomic mass is 10.1. The molecular formula is C24H22N4O2S3. The van der Waals surface area contributed by atoms with Crippen molar-refractivity contribution in [2.24, 2.45) is 5.10 Å². The van der Waals surface area contributed by atoms with Crippen LogP contribution in [0.15, 0.2) is 74.3 Å². The van der Waals surface area contributed by atoms with Gasteiger partial charge in [-0.05, 0) is 41.4 Å². The first-order valence-electron chi connectivity index (χ1n) is 10.7. The summed E-state index contributed by atoms with van der Waals surface area (Å²) in [5.74, 6) is 0.0767. The van der Waals surface area contributed by atoms with Crippen LogP contribution in [0.5, 0.6) is 0 Å². The van der Waals surface area contributed by atoms with E-state index in [9.17, 15) is 9.59 Å².